The highest BCUT2D eigenvalue weighted by atomic mass is 35.5. The molecule has 0 spiro atoms. The Morgan fingerprint density at radius 3 is 1.79 bits per heavy atom. The van der Waals surface area contributed by atoms with E-state index in [4.69, 9.17) is 5.73 Å². The van der Waals surface area contributed by atoms with Crippen molar-refractivity contribution in [2.24, 2.45) is 5.73 Å². The molecule has 1 aromatic carbocycles. The maximum absolute atomic E-state index is 5.60. The van der Waals surface area contributed by atoms with E-state index in [-0.39, 0.29) is 12.4 Å². The van der Waals surface area contributed by atoms with Crippen molar-refractivity contribution < 1.29 is 0 Å². The standard InChI is InChI=1S/C12H19N.ClH/c1-9(2)11-4-6-12(7-5-11)10(3)8-13;/h4-7,9-10H,8,13H2,1-3H3;1H. The van der Waals surface area contributed by atoms with Crippen molar-refractivity contribution in [3.63, 3.8) is 0 Å². The molecule has 1 unspecified atom stereocenters. The summed E-state index contributed by atoms with van der Waals surface area (Å²) in [4.78, 5) is 0. The number of halogens is 1. The second kappa shape index (κ2) is 6.05. The summed E-state index contributed by atoms with van der Waals surface area (Å²) in [5.74, 6) is 1.09. The van der Waals surface area contributed by atoms with Crippen LogP contribution in [-0.2, 0) is 0 Å². The molecule has 1 aromatic rings. The highest BCUT2D eigenvalue weighted by molar-refractivity contribution is 5.85. The van der Waals surface area contributed by atoms with Crippen LogP contribution in [0.15, 0.2) is 24.3 Å². The van der Waals surface area contributed by atoms with E-state index in [1.165, 1.54) is 11.1 Å². The predicted octanol–water partition coefficient (Wildman–Crippen LogP) is 3.29. The van der Waals surface area contributed by atoms with Crippen LogP contribution in [0.3, 0.4) is 0 Å². The summed E-state index contributed by atoms with van der Waals surface area (Å²) < 4.78 is 0. The van der Waals surface area contributed by atoms with Crippen molar-refractivity contribution in [2.45, 2.75) is 32.6 Å². The van der Waals surface area contributed by atoms with Gasteiger partial charge in [0.1, 0.15) is 0 Å². The van der Waals surface area contributed by atoms with Gasteiger partial charge in [-0.25, -0.2) is 0 Å². The molecule has 14 heavy (non-hydrogen) atoms. The van der Waals surface area contributed by atoms with Gasteiger partial charge in [-0.3, -0.25) is 0 Å². The Hall–Kier alpha value is -0.530. The summed E-state index contributed by atoms with van der Waals surface area (Å²) in [6, 6.07) is 8.78. The zero-order valence-corrected chi connectivity index (χ0v) is 9.97. The van der Waals surface area contributed by atoms with Crippen LogP contribution in [0, 0.1) is 0 Å². The minimum Gasteiger partial charge on any atom is -0.330 e. The molecule has 2 heteroatoms. The van der Waals surface area contributed by atoms with E-state index in [0.29, 0.717) is 11.8 Å². The highest BCUT2D eigenvalue weighted by Crippen LogP contribution is 2.18. The van der Waals surface area contributed by atoms with Gasteiger partial charge in [-0.1, -0.05) is 45.0 Å². The number of hydrogen-bond donors (Lipinski definition) is 1. The van der Waals surface area contributed by atoms with Gasteiger partial charge in [-0.05, 0) is 29.5 Å². The average Bonchev–Trinajstić information content (AvgIpc) is 2.17. The van der Waals surface area contributed by atoms with Gasteiger partial charge in [-0.15, -0.1) is 12.4 Å². The van der Waals surface area contributed by atoms with E-state index in [1.54, 1.807) is 0 Å². The third kappa shape index (κ3) is 3.32. The van der Waals surface area contributed by atoms with Crippen LogP contribution in [0.25, 0.3) is 0 Å². The Balaban J connectivity index is 0.00000169. The SMILES string of the molecule is CC(C)c1ccc(C(C)CN)cc1.Cl. The van der Waals surface area contributed by atoms with Gasteiger partial charge in [0, 0.05) is 0 Å². The summed E-state index contributed by atoms with van der Waals surface area (Å²) in [7, 11) is 0. The molecule has 1 atom stereocenters. The largest absolute Gasteiger partial charge is 0.330 e. The smallest absolute Gasteiger partial charge is 0.00109 e. The molecule has 0 aliphatic rings. The Morgan fingerprint density at radius 2 is 1.43 bits per heavy atom. The molecule has 0 heterocycles. The minimum absolute atomic E-state index is 0. The monoisotopic (exact) mass is 213 g/mol. The summed E-state index contributed by atoms with van der Waals surface area (Å²) in [5.41, 5.74) is 8.34. The van der Waals surface area contributed by atoms with Gasteiger partial charge in [-0.2, -0.15) is 0 Å². The van der Waals surface area contributed by atoms with Crippen LogP contribution < -0.4 is 5.73 Å². The molecule has 1 nitrogen and oxygen atoms in total. The van der Waals surface area contributed by atoms with E-state index in [9.17, 15) is 0 Å². The molecule has 0 aliphatic heterocycles. The second-order valence-electron chi connectivity index (χ2n) is 3.96. The van der Waals surface area contributed by atoms with Gasteiger partial charge in [0.25, 0.3) is 0 Å². The fourth-order valence-corrected chi connectivity index (χ4v) is 1.35. The van der Waals surface area contributed by atoms with E-state index >= 15 is 0 Å². The van der Waals surface area contributed by atoms with Crippen LogP contribution in [0.4, 0.5) is 0 Å². The predicted molar refractivity (Wildman–Crippen MR) is 65.2 cm³/mol. The molecule has 80 valence electrons. The lowest BCUT2D eigenvalue weighted by molar-refractivity contribution is 0.771. The molecule has 0 amide bonds. The van der Waals surface area contributed by atoms with Crippen LogP contribution in [0.1, 0.15) is 43.7 Å². The quantitative estimate of drug-likeness (QED) is 0.820. The summed E-state index contributed by atoms with van der Waals surface area (Å²) >= 11 is 0. The lowest BCUT2D eigenvalue weighted by atomic mass is 9.96. The molecule has 0 saturated carbocycles. The van der Waals surface area contributed by atoms with Crippen molar-refractivity contribution in [3.05, 3.63) is 35.4 Å². The number of benzene rings is 1. The van der Waals surface area contributed by atoms with Crippen LogP contribution in [-0.4, -0.2) is 6.54 Å². The molecule has 0 aromatic heterocycles. The molecule has 0 radical (unpaired) electrons. The molecular formula is C12H20ClN. The van der Waals surface area contributed by atoms with Gasteiger partial charge < -0.3 is 5.73 Å². The normalized spacial score (nSPS) is 12.4. The van der Waals surface area contributed by atoms with Crippen molar-refractivity contribution in [2.75, 3.05) is 6.54 Å². The van der Waals surface area contributed by atoms with E-state index < -0.39 is 0 Å². The molecule has 0 fully saturated rings. The van der Waals surface area contributed by atoms with Crippen LogP contribution in [0.5, 0.6) is 0 Å². The van der Waals surface area contributed by atoms with Crippen molar-refractivity contribution in [1.82, 2.24) is 0 Å². The third-order valence-corrected chi connectivity index (χ3v) is 2.53. The Morgan fingerprint density at radius 1 is 1.00 bits per heavy atom. The summed E-state index contributed by atoms with van der Waals surface area (Å²) in [6.45, 7) is 7.30. The van der Waals surface area contributed by atoms with Crippen molar-refractivity contribution >= 4 is 12.4 Å². The summed E-state index contributed by atoms with van der Waals surface area (Å²) in [6.07, 6.45) is 0. The van der Waals surface area contributed by atoms with Gasteiger partial charge in [0.05, 0.1) is 0 Å². The Kier molecular flexibility index (Phi) is 5.82. The fraction of sp³-hybridized carbons (Fsp3) is 0.500. The third-order valence-electron chi connectivity index (χ3n) is 2.53. The number of nitrogens with two attached hydrogens (primary N) is 1. The lowest BCUT2D eigenvalue weighted by Crippen LogP contribution is -2.08. The first-order valence-corrected chi connectivity index (χ1v) is 4.95. The summed E-state index contributed by atoms with van der Waals surface area (Å²) in [5, 5.41) is 0. The Labute approximate surface area is 93.1 Å². The van der Waals surface area contributed by atoms with E-state index in [2.05, 4.69) is 45.0 Å². The zero-order valence-electron chi connectivity index (χ0n) is 9.16. The molecular weight excluding hydrogens is 194 g/mol. The van der Waals surface area contributed by atoms with Crippen molar-refractivity contribution in [1.29, 1.82) is 0 Å². The molecule has 2 N–H and O–H groups in total. The van der Waals surface area contributed by atoms with E-state index in [0.717, 1.165) is 6.54 Å². The molecule has 0 aliphatic carbocycles. The maximum atomic E-state index is 5.60. The minimum atomic E-state index is 0. The lowest BCUT2D eigenvalue weighted by Gasteiger charge is -2.10. The molecule has 0 saturated heterocycles. The first-order valence-electron chi connectivity index (χ1n) is 4.95. The van der Waals surface area contributed by atoms with Gasteiger partial charge in [0.15, 0.2) is 0 Å². The van der Waals surface area contributed by atoms with Crippen molar-refractivity contribution in [3.8, 4) is 0 Å². The first kappa shape index (κ1) is 13.5. The fourth-order valence-electron chi connectivity index (χ4n) is 1.35. The Bertz CT molecular complexity index is 254. The van der Waals surface area contributed by atoms with Crippen LogP contribution >= 0.6 is 12.4 Å². The number of hydrogen-bond acceptors (Lipinski definition) is 1. The van der Waals surface area contributed by atoms with Gasteiger partial charge in [0.2, 0.25) is 0 Å². The molecule has 1 rings (SSSR count). The first-order chi connectivity index (χ1) is 6.15. The topological polar surface area (TPSA) is 26.0 Å². The van der Waals surface area contributed by atoms with Gasteiger partial charge >= 0.3 is 0 Å². The van der Waals surface area contributed by atoms with E-state index in [1.807, 2.05) is 0 Å². The number of rotatable bonds is 3. The highest BCUT2D eigenvalue weighted by Gasteiger charge is 2.03. The molecule has 0 bridgehead atoms. The zero-order chi connectivity index (χ0) is 9.84. The van der Waals surface area contributed by atoms with Crippen LogP contribution in [0.2, 0.25) is 0 Å². The average molecular weight is 214 g/mol. The second-order valence-corrected chi connectivity index (χ2v) is 3.96. The maximum Gasteiger partial charge on any atom is -0.00109 e.